The second-order valence-electron chi connectivity index (χ2n) is 4.38. The van der Waals surface area contributed by atoms with Gasteiger partial charge in [0.1, 0.15) is 5.75 Å². The van der Waals surface area contributed by atoms with Gasteiger partial charge in [-0.25, -0.2) is 0 Å². The molecule has 1 atom stereocenters. The van der Waals surface area contributed by atoms with Crippen LogP contribution in [0.15, 0.2) is 12.1 Å². The van der Waals surface area contributed by atoms with Crippen molar-refractivity contribution in [1.82, 2.24) is 5.32 Å². The molecule has 1 aromatic carbocycles. The van der Waals surface area contributed by atoms with Crippen LogP contribution in [0.1, 0.15) is 30.9 Å². The molecular weight excluding hydrogens is 273 g/mol. The third-order valence-corrected chi connectivity index (χ3v) is 3.54. The fourth-order valence-corrected chi connectivity index (χ4v) is 2.71. The highest BCUT2D eigenvalue weighted by atomic mass is 35.5. The third-order valence-electron chi connectivity index (χ3n) is 3.04. The van der Waals surface area contributed by atoms with Crippen molar-refractivity contribution >= 4 is 23.2 Å². The Morgan fingerprint density at radius 1 is 1.33 bits per heavy atom. The minimum Gasteiger partial charge on any atom is -0.492 e. The van der Waals surface area contributed by atoms with Gasteiger partial charge in [0.05, 0.1) is 11.6 Å². The largest absolute Gasteiger partial charge is 0.492 e. The molecule has 1 aliphatic heterocycles. The quantitative estimate of drug-likeness (QED) is 0.818. The van der Waals surface area contributed by atoms with Gasteiger partial charge in [0.2, 0.25) is 0 Å². The lowest BCUT2D eigenvalue weighted by Crippen LogP contribution is -2.28. The van der Waals surface area contributed by atoms with E-state index in [-0.39, 0.29) is 12.6 Å². The molecule has 2 rings (SSSR count). The highest BCUT2D eigenvalue weighted by Gasteiger charge is 2.23. The van der Waals surface area contributed by atoms with Crippen LogP contribution < -0.4 is 10.1 Å². The number of hydrogen-bond donors (Lipinski definition) is 2. The van der Waals surface area contributed by atoms with Gasteiger partial charge in [-0.3, -0.25) is 0 Å². The van der Waals surface area contributed by atoms with Gasteiger partial charge >= 0.3 is 0 Å². The molecule has 2 N–H and O–H groups in total. The zero-order chi connectivity index (χ0) is 13.0. The molecule has 0 amide bonds. The number of halogens is 2. The van der Waals surface area contributed by atoms with Crippen LogP contribution in [-0.4, -0.2) is 24.9 Å². The van der Waals surface area contributed by atoms with Crippen LogP contribution in [0.25, 0.3) is 0 Å². The van der Waals surface area contributed by atoms with Crippen LogP contribution in [0.4, 0.5) is 0 Å². The van der Waals surface area contributed by atoms with Gasteiger partial charge in [-0.2, -0.15) is 0 Å². The van der Waals surface area contributed by atoms with E-state index in [2.05, 4.69) is 5.32 Å². The normalized spacial score (nSPS) is 18.3. The summed E-state index contributed by atoms with van der Waals surface area (Å²) in [7, 11) is 0. The molecule has 0 radical (unpaired) electrons. The topological polar surface area (TPSA) is 41.5 Å². The molecule has 5 heteroatoms. The van der Waals surface area contributed by atoms with Crippen molar-refractivity contribution in [2.24, 2.45) is 0 Å². The van der Waals surface area contributed by atoms with E-state index < -0.39 is 0 Å². The first-order valence-corrected chi connectivity index (χ1v) is 6.94. The van der Waals surface area contributed by atoms with Crippen LogP contribution in [0, 0.1) is 0 Å². The summed E-state index contributed by atoms with van der Waals surface area (Å²) in [6, 6.07) is 3.84. The van der Waals surface area contributed by atoms with E-state index >= 15 is 0 Å². The number of aliphatic hydroxyl groups is 1. The summed E-state index contributed by atoms with van der Waals surface area (Å²) in [4.78, 5) is 0. The predicted octanol–water partition coefficient (Wildman–Crippen LogP) is 3.18. The number of benzene rings is 1. The monoisotopic (exact) mass is 289 g/mol. The Morgan fingerprint density at radius 3 is 2.94 bits per heavy atom. The second-order valence-corrected chi connectivity index (χ2v) is 5.22. The lowest BCUT2D eigenvalue weighted by Gasteiger charge is -2.27. The Balaban J connectivity index is 2.07. The highest BCUT2D eigenvalue weighted by molar-refractivity contribution is 6.35. The molecule has 18 heavy (non-hydrogen) atoms. The Labute approximate surface area is 117 Å². The molecule has 0 fully saturated rings. The lowest BCUT2D eigenvalue weighted by molar-refractivity contribution is 0.249. The van der Waals surface area contributed by atoms with Crippen molar-refractivity contribution in [2.45, 2.75) is 25.3 Å². The van der Waals surface area contributed by atoms with E-state index in [9.17, 15) is 0 Å². The molecule has 1 aromatic rings. The number of fused-ring (bicyclic) bond motifs is 1. The SMILES string of the molecule is OCCCCNC1CCOc2c(Cl)cc(Cl)cc21. The Bertz CT molecular complexity index is 412. The highest BCUT2D eigenvalue weighted by Crippen LogP contribution is 2.39. The van der Waals surface area contributed by atoms with Gasteiger partial charge in [0.15, 0.2) is 0 Å². The number of hydrogen-bond acceptors (Lipinski definition) is 3. The van der Waals surface area contributed by atoms with Crippen LogP contribution in [0.3, 0.4) is 0 Å². The van der Waals surface area contributed by atoms with Gasteiger partial charge in [0.25, 0.3) is 0 Å². The van der Waals surface area contributed by atoms with E-state index in [1.54, 1.807) is 6.07 Å². The van der Waals surface area contributed by atoms with Crippen molar-refractivity contribution in [3.05, 3.63) is 27.7 Å². The van der Waals surface area contributed by atoms with E-state index in [1.807, 2.05) is 6.07 Å². The van der Waals surface area contributed by atoms with Crippen LogP contribution >= 0.6 is 23.2 Å². The van der Waals surface area contributed by atoms with Gasteiger partial charge in [0, 0.05) is 29.7 Å². The van der Waals surface area contributed by atoms with Gasteiger partial charge < -0.3 is 15.2 Å². The summed E-state index contributed by atoms with van der Waals surface area (Å²) in [6.45, 7) is 1.77. The van der Waals surface area contributed by atoms with E-state index in [0.717, 1.165) is 37.1 Å². The number of rotatable bonds is 5. The molecule has 100 valence electrons. The summed E-state index contributed by atoms with van der Waals surface area (Å²) < 4.78 is 5.60. The van der Waals surface area contributed by atoms with Crippen LogP contribution in [0.2, 0.25) is 10.0 Å². The van der Waals surface area contributed by atoms with Crippen LogP contribution in [0.5, 0.6) is 5.75 Å². The zero-order valence-electron chi connectivity index (χ0n) is 10.1. The first-order chi connectivity index (χ1) is 8.72. The summed E-state index contributed by atoms with van der Waals surface area (Å²) in [5.41, 5.74) is 1.03. The maximum absolute atomic E-state index is 8.75. The molecule has 0 spiro atoms. The summed E-state index contributed by atoms with van der Waals surface area (Å²) in [5, 5.41) is 13.4. The lowest BCUT2D eigenvalue weighted by atomic mass is 10.0. The van der Waals surface area contributed by atoms with Crippen LogP contribution in [-0.2, 0) is 0 Å². The van der Waals surface area contributed by atoms with Gasteiger partial charge in [-0.05, 0) is 31.5 Å². The van der Waals surface area contributed by atoms with E-state index in [1.165, 1.54) is 0 Å². The third kappa shape index (κ3) is 3.29. The molecule has 3 nitrogen and oxygen atoms in total. The Kier molecular flexibility index (Phi) is 5.13. The molecule has 0 saturated carbocycles. The Hall–Kier alpha value is -0.480. The smallest absolute Gasteiger partial charge is 0.142 e. The first kappa shape index (κ1) is 13.9. The number of unbranched alkanes of at least 4 members (excludes halogenated alkanes) is 1. The molecule has 1 aliphatic rings. The standard InChI is InChI=1S/C13H17Cl2NO2/c14-9-7-10-12(16-4-1-2-5-17)3-6-18-13(10)11(15)8-9/h7-8,12,16-17H,1-6H2. The molecule has 1 heterocycles. The molecule has 0 aliphatic carbocycles. The van der Waals surface area contributed by atoms with E-state index in [0.29, 0.717) is 16.7 Å². The van der Waals surface area contributed by atoms with E-state index in [4.69, 9.17) is 33.0 Å². The summed E-state index contributed by atoms with van der Waals surface area (Å²) in [5.74, 6) is 0.743. The minimum atomic E-state index is 0.226. The van der Waals surface area contributed by atoms with Gasteiger partial charge in [-0.1, -0.05) is 23.2 Å². The molecule has 0 saturated heterocycles. The average Bonchev–Trinajstić information content (AvgIpc) is 2.35. The fourth-order valence-electron chi connectivity index (χ4n) is 2.15. The number of nitrogens with one attached hydrogen (secondary N) is 1. The van der Waals surface area contributed by atoms with Crippen molar-refractivity contribution in [2.75, 3.05) is 19.8 Å². The molecular formula is C13H17Cl2NO2. The van der Waals surface area contributed by atoms with Crippen molar-refractivity contribution in [3.63, 3.8) is 0 Å². The maximum Gasteiger partial charge on any atom is 0.142 e. The molecule has 0 bridgehead atoms. The van der Waals surface area contributed by atoms with Gasteiger partial charge in [-0.15, -0.1) is 0 Å². The summed E-state index contributed by atoms with van der Waals surface area (Å²) >= 11 is 12.2. The minimum absolute atomic E-state index is 0.226. The Morgan fingerprint density at radius 2 is 2.17 bits per heavy atom. The second kappa shape index (κ2) is 6.62. The zero-order valence-corrected chi connectivity index (χ0v) is 11.6. The van der Waals surface area contributed by atoms with Crippen molar-refractivity contribution < 1.29 is 9.84 Å². The average molecular weight is 290 g/mol. The van der Waals surface area contributed by atoms with Crippen molar-refractivity contribution in [3.8, 4) is 5.75 Å². The number of ether oxygens (including phenoxy) is 1. The predicted molar refractivity (Wildman–Crippen MR) is 73.6 cm³/mol. The summed E-state index contributed by atoms with van der Waals surface area (Å²) in [6.07, 6.45) is 2.68. The maximum atomic E-state index is 8.75. The molecule has 1 unspecified atom stereocenters. The van der Waals surface area contributed by atoms with Crippen molar-refractivity contribution in [1.29, 1.82) is 0 Å². The number of aliphatic hydroxyl groups excluding tert-OH is 1. The first-order valence-electron chi connectivity index (χ1n) is 6.18. The molecule has 0 aromatic heterocycles. The fraction of sp³-hybridized carbons (Fsp3) is 0.538.